The van der Waals surface area contributed by atoms with E-state index >= 15 is 0 Å². The average Bonchev–Trinajstić information content (AvgIpc) is 2.45. The highest BCUT2D eigenvalue weighted by Crippen LogP contribution is 2.42. The van der Waals surface area contributed by atoms with Gasteiger partial charge in [-0.2, -0.15) is 11.8 Å². The van der Waals surface area contributed by atoms with Crippen LogP contribution in [-0.2, 0) is 16.6 Å². The normalized spacial score (nSPS) is 17.3. The van der Waals surface area contributed by atoms with Crippen molar-refractivity contribution in [3.05, 3.63) is 23.8 Å². The zero-order valence-electron chi connectivity index (χ0n) is 12.3. The number of ether oxygens (including phenoxy) is 1. The van der Waals surface area contributed by atoms with E-state index in [1.807, 2.05) is 6.26 Å². The van der Waals surface area contributed by atoms with Crippen molar-refractivity contribution >= 4 is 21.8 Å². The minimum atomic E-state index is -3.62. The summed E-state index contributed by atoms with van der Waals surface area (Å²) in [6, 6.07) is 4.60. The number of hydrogen-bond acceptors (Lipinski definition) is 5. The summed E-state index contributed by atoms with van der Waals surface area (Å²) in [5, 5.41) is 9.11. The molecule has 0 aliphatic heterocycles. The summed E-state index contributed by atoms with van der Waals surface area (Å²) in [5.74, 6) is 0.251. The SMILES string of the molecule is COc1cc(CO)ccc1S(=O)(=O)NCC1(SC)CCC1. The Morgan fingerprint density at radius 2 is 2.14 bits per heavy atom. The zero-order valence-corrected chi connectivity index (χ0v) is 13.9. The number of nitrogens with one attached hydrogen (secondary N) is 1. The molecule has 5 nitrogen and oxygen atoms in total. The Morgan fingerprint density at radius 1 is 1.43 bits per heavy atom. The number of rotatable bonds is 7. The number of thioether (sulfide) groups is 1. The molecule has 0 spiro atoms. The first kappa shape index (κ1) is 16.6. The molecule has 1 aliphatic carbocycles. The van der Waals surface area contributed by atoms with Gasteiger partial charge in [0.25, 0.3) is 0 Å². The summed E-state index contributed by atoms with van der Waals surface area (Å²) in [4.78, 5) is 0.109. The zero-order chi connectivity index (χ0) is 15.5. The highest BCUT2D eigenvalue weighted by Gasteiger charge is 2.37. The Labute approximate surface area is 130 Å². The van der Waals surface area contributed by atoms with Gasteiger partial charge in [0, 0.05) is 11.3 Å². The molecule has 0 atom stereocenters. The van der Waals surface area contributed by atoms with E-state index in [0.29, 0.717) is 12.1 Å². The lowest BCUT2D eigenvalue weighted by Crippen LogP contribution is -2.45. The summed E-state index contributed by atoms with van der Waals surface area (Å²) in [5.41, 5.74) is 0.616. The highest BCUT2D eigenvalue weighted by molar-refractivity contribution is 8.00. The quantitative estimate of drug-likeness (QED) is 0.796. The smallest absolute Gasteiger partial charge is 0.244 e. The van der Waals surface area contributed by atoms with Gasteiger partial charge in [-0.3, -0.25) is 0 Å². The van der Waals surface area contributed by atoms with Crippen molar-refractivity contribution in [3.63, 3.8) is 0 Å². The molecule has 1 aromatic rings. The first-order chi connectivity index (χ1) is 9.96. The van der Waals surface area contributed by atoms with Crippen LogP contribution in [0.4, 0.5) is 0 Å². The number of sulfonamides is 1. The second kappa shape index (κ2) is 6.56. The maximum absolute atomic E-state index is 12.5. The molecule has 0 saturated heterocycles. The van der Waals surface area contributed by atoms with E-state index in [4.69, 9.17) is 9.84 Å². The van der Waals surface area contributed by atoms with E-state index in [1.165, 1.54) is 13.2 Å². The summed E-state index contributed by atoms with van der Waals surface area (Å²) in [6.07, 6.45) is 5.25. The van der Waals surface area contributed by atoms with Crippen LogP contribution >= 0.6 is 11.8 Å². The van der Waals surface area contributed by atoms with Gasteiger partial charge >= 0.3 is 0 Å². The van der Waals surface area contributed by atoms with Crippen LogP contribution in [0.1, 0.15) is 24.8 Å². The minimum Gasteiger partial charge on any atom is -0.495 e. The van der Waals surface area contributed by atoms with Crippen LogP contribution in [0.15, 0.2) is 23.1 Å². The van der Waals surface area contributed by atoms with E-state index in [1.54, 1.807) is 23.9 Å². The first-order valence-corrected chi connectivity index (χ1v) is 9.50. The molecule has 1 aliphatic rings. The van der Waals surface area contributed by atoms with Gasteiger partial charge in [0.15, 0.2) is 0 Å². The number of aliphatic hydroxyl groups is 1. The molecule has 21 heavy (non-hydrogen) atoms. The standard InChI is InChI=1S/C14H21NO4S2/c1-19-12-8-11(9-16)4-5-13(12)21(17,18)15-10-14(20-2)6-3-7-14/h4-5,8,15-16H,3,6-7,9-10H2,1-2H3. The van der Waals surface area contributed by atoms with E-state index in [2.05, 4.69) is 4.72 Å². The molecule has 0 bridgehead atoms. The molecule has 0 radical (unpaired) electrons. The van der Waals surface area contributed by atoms with Crippen LogP contribution in [0.2, 0.25) is 0 Å². The molecular weight excluding hydrogens is 310 g/mol. The van der Waals surface area contributed by atoms with Crippen LogP contribution in [-0.4, -0.2) is 38.2 Å². The third-order valence-electron chi connectivity index (χ3n) is 3.98. The van der Waals surface area contributed by atoms with Gasteiger partial charge in [-0.05, 0) is 36.8 Å². The third kappa shape index (κ3) is 3.53. The molecule has 0 heterocycles. The van der Waals surface area contributed by atoms with Gasteiger partial charge in [-0.25, -0.2) is 13.1 Å². The largest absolute Gasteiger partial charge is 0.495 e. The maximum Gasteiger partial charge on any atom is 0.244 e. The van der Waals surface area contributed by atoms with Gasteiger partial charge < -0.3 is 9.84 Å². The van der Waals surface area contributed by atoms with Gasteiger partial charge in [-0.15, -0.1) is 0 Å². The fourth-order valence-electron chi connectivity index (χ4n) is 2.36. The molecule has 2 N–H and O–H groups in total. The van der Waals surface area contributed by atoms with E-state index in [9.17, 15) is 8.42 Å². The molecular formula is C14H21NO4S2. The molecule has 7 heteroatoms. The van der Waals surface area contributed by atoms with E-state index < -0.39 is 10.0 Å². The first-order valence-electron chi connectivity index (χ1n) is 6.79. The van der Waals surface area contributed by atoms with Crippen molar-refractivity contribution < 1.29 is 18.3 Å². The number of benzene rings is 1. The molecule has 2 rings (SSSR count). The number of methoxy groups -OCH3 is 1. The number of aliphatic hydroxyl groups excluding tert-OH is 1. The lowest BCUT2D eigenvalue weighted by atomic mass is 9.84. The van der Waals surface area contributed by atoms with Crippen LogP contribution < -0.4 is 9.46 Å². The predicted octanol–water partition coefficient (Wildman–Crippen LogP) is 1.75. The summed E-state index contributed by atoms with van der Waals surface area (Å²) in [6.45, 7) is 0.279. The molecule has 1 fully saturated rings. The Hall–Kier alpha value is -0.760. The summed E-state index contributed by atoms with van der Waals surface area (Å²) < 4.78 is 32.8. The second-order valence-electron chi connectivity index (χ2n) is 5.21. The molecule has 0 amide bonds. The molecule has 0 aromatic heterocycles. The van der Waals surface area contributed by atoms with Gasteiger partial charge in [-0.1, -0.05) is 12.5 Å². The molecule has 118 valence electrons. The van der Waals surface area contributed by atoms with E-state index in [0.717, 1.165) is 19.3 Å². The summed E-state index contributed by atoms with van der Waals surface area (Å²) >= 11 is 1.72. The molecule has 1 saturated carbocycles. The van der Waals surface area contributed by atoms with E-state index in [-0.39, 0.29) is 22.0 Å². The molecule has 0 unspecified atom stereocenters. The lowest BCUT2D eigenvalue weighted by Gasteiger charge is -2.40. The van der Waals surface area contributed by atoms with Crippen LogP contribution in [0, 0.1) is 0 Å². The predicted molar refractivity (Wildman–Crippen MR) is 84.2 cm³/mol. The number of hydrogen-bond donors (Lipinski definition) is 2. The Bertz CT molecular complexity index is 591. The third-order valence-corrected chi connectivity index (χ3v) is 6.84. The fourth-order valence-corrected chi connectivity index (χ4v) is 4.64. The van der Waals surface area contributed by atoms with Gasteiger partial charge in [0.1, 0.15) is 10.6 Å². The van der Waals surface area contributed by atoms with Crippen molar-refractivity contribution in [2.45, 2.75) is 35.5 Å². The lowest BCUT2D eigenvalue weighted by molar-refractivity contribution is 0.280. The highest BCUT2D eigenvalue weighted by atomic mass is 32.2. The van der Waals surface area contributed by atoms with Gasteiger partial charge in [0.05, 0.1) is 13.7 Å². The average molecular weight is 331 g/mol. The molecule has 1 aromatic carbocycles. The second-order valence-corrected chi connectivity index (χ2v) is 8.22. The van der Waals surface area contributed by atoms with Crippen molar-refractivity contribution in [1.82, 2.24) is 4.72 Å². The van der Waals surface area contributed by atoms with Crippen molar-refractivity contribution in [2.24, 2.45) is 0 Å². The van der Waals surface area contributed by atoms with Crippen molar-refractivity contribution in [2.75, 3.05) is 19.9 Å². The van der Waals surface area contributed by atoms with Crippen molar-refractivity contribution in [1.29, 1.82) is 0 Å². The fraction of sp³-hybridized carbons (Fsp3) is 0.571. The van der Waals surface area contributed by atoms with Crippen molar-refractivity contribution in [3.8, 4) is 5.75 Å². The summed E-state index contributed by atoms with van der Waals surface area (Å²) in [7, 11) is -2.20. The van der Waals surface area contributed by atoms with Crippen LogP contribution in [0.25, 0.3) is 0 Å². The Balaban J connectivity index is 2.19. The van der Waals surface area contributed by atoms with Crippen LogP contribution in [0.3, 0.4) is 0 Å². The monoisotopic (exact) mass is 331 g/mol. The topological polar surface area (TPSA) is 75.6 Å². The minimum absolute atomic E-state index is 0.0331. The maximum atomic E-state index is 12.5. The Morgan fingerprint density at radius 3 is 2.62 bits per heavy atom. The Kier molecular flexibility index (Phi) is 5.19. The van der Waals surface area contributed by atoms with Gasteiger partial charge in [0.2, 0.25) is 10.0 Å². The van der Waals surface area contributed by atoms with Crippen LogP contribution in [0.5, 0.6) is 5.75 Å².